The van der Waals surface area contributed by atoms with Crippen molar-refractivity contribution in [3.8, 4) is 0 Å². The molecule has 0 heterocycles. The van der Waals surface area contributed by atoms with Crippen molar-refractivity contribution in [1.29, 1.82) is 0 Å². The molecule has 0 aliphatic rings. The van der Waals surface area contributed by atoms with Gasteiger partial charge in [0.2, 0.25) is 10.9 Å². The van der Waals surface area contributed by atoms with Crippen LogP contribution in [0.4, 0.5) is 0 Å². The van der Waals surface area contributed by atoms with E-state index in [1.807, 2.05) is 0 Å². The topological polar surface area (TPSA) is 34.1 Å². The molecule has 0 aliphatic heterocycles. The number of unbranched alkanes of at least 4 members (excludes halogenated alkanes) is 2. The molecule has 0 spiro atoms. The van der Waals surface area contributed by atoms with Gasteiger partial charge >= 0.3 is 0 Å². The van der Waals surface area contributed by atoms with E-state index in [0.717, 1.165) is 31.2 Å². The van der Waals surface area contributed by atoms with Crippen molar-refractivity contribution in [3.63, 3.8) is 0 Å². The summed E-state index contributed by atoms with van der Waals surface area (Å²) in [5.74, 6) is 0. The molecular formula is C9H12O2. The molecule has 1 aromatic carbocycles. The molecule has 0 N–H and O–H groups in total. The Bertz CT molecular complexity index is 292. The maximum atomic E-state index is 10.7. The summed E-state index contributed by atoms with van der Waals surface area (Å²) in [5.41, 5.74) is 0.140. The van der Waals surface area contributed by atoms with Crippen LogP contribution in [0.25, 0.3) is 0 Å². The summed E-state index contributed by atoms with van der Waals surface area (Å²) in [7, 11) is 0. The van der Waals surface area contributed by atoms with Gasteiger partial charge in [-0.05, 0) is 18.9 Å². The lowest BCUT2D eigenvalue weighted by atomic mass is 10.0. The van der Waals surface area contributed by atoms with Gasteiger partial charge in [-0.25, -0.2) is 0 Å². The Labute approximate surface area is 65.6 Å². The van der Waals surface area contributed by atoms with E-state index in [9.17, 15) is 9.59 Å². The van der Waals surface area contributed by atoms with E-state index in [2.05, 4.69) is 6.92 Å². The summed E-state index contributed by atoms with van der Waals surface area (Å²) in [6.45, 7) is 2.11. The maximum Gasteiger partial charge on any atom is 0.229 e. The van der Waals surface area contributed by atoms with Crippen molar-refractivity contribution in [2.24, 2.45) is 0 Å². The van der Waals surface area contributed by atoms with Crippen molar-refractivity contribution >= 4 is 0 Å². The van der Waals surface area contributed by atoms with Gasteiger partial charge in [0.25, 0.3) is 0 Å². The first-order chi connectivity index (χ1) is 5.25. The lowest BCUT2D eigenvalue weighted by Gasteiger charge is -1.99. The van der Waals surface area contributed by atoms with Crippen LogP contribution < -0.4 is 10.9 Å². The highest BCUT2D eigenvalue weighted by Gasteiger charge is 2.07. The molecule has 0 unspecified atom stereocenters. The second-order valence-corrected chi connectivity index (χ2v) is 2.82. The normalized spacial score (nSPS) is 10.6. The zero-order valence-corrected chi connectivity index (χ0v) is 6.72. The van der Waals surface area contributed by atoms with Crippen molar-refractivity contribution in [3.05, 3.63) is 32.1 Å². The predicted octanol–water partition coefficient (Wildman–Crippen LogP) is 1.02. The Hall–Kier alpha value is -0.920. The van der Waals surface area contributed by atoms with Gasteiger partial charge in [0.15, 0.2) is 0 Å². The van der Waals surface area contributed by atoms with Crippen molar-refractivity contribution in [2.75, 3.05) is 0 Å². The maximum absolute atomic E-state index is 10.7. The quantitative estimate of drug-likeness (QED) is 0.476. The molecule has 0 amide bonds. The summed E-state index contributed by atoms with van der Waals surface area (Å²) in [6.07, 6.45) is 4.11. The second-order valence-electron chi connectivity index (χ2n) is 2.82. The fourth-order valence-electron chi connectivity index (χ4n) is 1.12. The highest BCUT2D eigenvalue weighted by atomic mass is 16.2. The molecule has 1 rings (SSSR count). The van der Waals surface area contributed by atoms with E-state index in [1.54, 1.807) is 0 Å². The molecular weight excluding hydrogens is 140 g/mol. The SMILES string of the molecule is CCCCCc1cc(=O)c1=O. The minimum Gasteiger partial charge on any atom is -0.286 e. The van der Waals surface area contributed by atoms with E-state index in [4.69, 9.17) is 0 Å². The molecule has 1 aromatic rings. The summed E-state index contributed by atoms with van der Waals surface area (Å²) in [4.78, 5) is 21.2. The third-order valence-electron chi connectivity index (χ3n) is 1.87. The molecule has 0 saturated carbocycles. The van der Waals surface area contributed by atoms with Crippen LogP contribution in [0.2, 0.25) is 0 Å². The van der Waals surface area contributed by atoms with E-state index in [1.165, 1.54) is 6.07 Å². The average Bonchev–Trinajstić information content (AvgIpc) is 2.03. The van der Waals surface area contributed by atoms with Gasteiger partial charge in [-0.15, -0.1) is 0 Å². The van der Waals surface area contributed by atoms with Crippen LogP contribution in [0.3, 0.4) is 0 Å². The molecule has 2 heteroatoms. The van der Waals surface area contributed by atoms with Gasteiger partial charge in [-0.2, -0.15) is 0 Å². The summed E-state index contributed by atoms with van der Waals surface area (Å²) in [6, 6.07) is 1.46. The highest BCUT2D eigenvalue weighted by molar-refractivity contribution is 5.19. The Balaban J connectivity index is 2.37. The largest absolute Gasteiger partial charge is 0.286 e. The molecule has 0 fully saturated rings. The van der Waals surface area contributed by atoms with Gasteiger partial charge in [0.1, 0.15) is 0 Å². The zero-order valence-electron chi connectivity index (χ0n) is 6.72. The Morgan fingerprint density at radius 1 is 1.27 bits per heavy atom. The van der Waals surface area contributed by atoms with Crippen LogP contribution in [-0.2, 0) is 6.42 Å². The van der Waals surface area contributed by atoms with Gasteiger partial charge in [-0.1, -0.05) is 19.8 Å². The molecule has 2 nitrogen and oxygen atoms in total. The zero-order chi connectivity index (χ0) is 8.27. The van der Waals surface area contributed by atoms with Crippen molar-refractivity contribution in [1.82, 2.24) is 0 Å². The van der Waals surface area contributed by atoms with E-state index >= 15 is 0 Å². The van der Waals surface area contributed by atoms with Crippen LogP contribution in [0.1, 0.15) is 31.7 Å². The molecule has 60 valence electrons. The highest BCUT2D eigenvalue weighted by Crippen LogP contribution is 2.00. The van der Waals surface area contributed by atoms with Crippen LogP contribution >= 0.6 is 0 Å². The average molecular weight is 152 g/mol. The van der Waals surface area contributed by atoms with Crippen LogP contribution in [0.5, 0.6) is 0 Å². The Morgan fingerprint density at radius 3 is 2.45 bits per heavy atom. The third kappa shape index (κ3) is 1.76. The van der Waals surface area contributed by atoms with Gasteiger partial charge < -0.3 is 0 Å². The second kappa shape index (κ2) is 3.46. The number of hydrogen-bond acceptors (Lipinski definition) is 2. The van der Waals surface area contributed by atoms with Crippen LogP contribution in [0, 0.1) is 0 Å². The standard InChI is InChI=1S/C9H12O2/c1-2-3-4-5-7-6-8(10)9(7)11/h6H,2-5H2,1H3. The third-order valence-corrected chi connectivity index (χ3v) is 1.87. The Kier molecular flexibility index (Phi) is 2.58. The first kappa shape index (κ1) is 8.18. The van der Waals surface area contributed by atoms with Crippen molar-refractivity contribution < 1.29 is 0 Å². The van der Waals surface area contributed by atoms with Gasteiger partial charge in [0.05, 0.1) is 0 Å². The monoisotopic (exact) mass is 152 g/mol. The number of rotatable bonds is 4. The van der Waals surface area contributed by atoms with E-state index in [0.29, 0.717) is 0 Å². The van der Waals surface area contributed by atoms with Gasteiger partial charge in [0, 0.05) is 5.56 Å². The molecule has 11 heavy (non-hydrogen) atoms. The lowest BCUT2D eigenvalue weighted by molar-refractivity contribution is 0.712. The molecule has 0 aliphatic carbocycles. The van der Waals surface area contributed by atoms with Crippen LogP contribution in [0.15, 0.2) is 15.7 Å². The molecule has 0 bridgehead atoms. The van der Waals surface area contributed by atoms with Gasteiger partial charge in [-0.3, -0.25) is 9.59 Å². The molecule has 0 saturated heterocycles. The van der Waals surface area contributed by atoms with Crippen molar-refractivity contribution in [2.45, 2.75) is 32.6 Å². The van der Waals surface area contributed by atoms with Crippen LogP contribution in [-0.4, -0.2) is 0 Å². The van der Waals surface area contributed by atoms with E-state index < -0.39 is 0 Å². The number of hydrogen-bond donors (Lipinski definition) is 0. The summed E-state index contributed by atoms with van der Waals surface area (Å²) >= 11 is 0. The Morgan fingerprint density at radius 2 is 2.00 bits per heavy atom. The molecule has 0 aromatic heterocycles. The number of aryl methyl sites for hydroxylation is 1. The molecule has 0 atom stereocenters. The predicted molar refractivity (Wildman–Crippen MR) is 44.6 cm³/mol. The fourth-order valence-corrected chi connectivity index (χ4v) is 1.12. The first-order valence-electron chi connectivity index (χ1n) is 4.05. The minimum absolute atomic E-state index is 0.263. The minimum atomic E-state index is -0.323. The summed E-state index contributed by atoms with van der Waals surface area (Å²) < 4.78 is 0. The van der Waals surface area contributed by atoms with E-state index in [-0.39, 0.29) is 10.9 Å². The fraction of sp³-hybridized carbons (Fsp3) is 0.556. The summed E-state index contributed by atoms with van der Waals surface area (Å²) in [5, 5.41) is 0. The first-order valence-corrected chi connectivity index (χ1v) is 4.05. The lowest BCUT2D eigenvalue weighted by Crippen LogP contribution is -2.33. The smallest absolute Gasteiger partial charge is 0.229 e. The molecule has 0 radical (unpaired) electrons.